The molecule has 0 unspecified atom stereocenters. The number of aliphatic imine (C=N–C) groups is 1. The van der Waals surface area contributed by atoms with Crippen molar-refractivity contribution in [2.24, 2.45) is 4.99 Å². The van der Waals surface area contributed by atoms with Gasteiger partial charge in [0.15, 0.2) is 0 Å². The maximum atomic E-state index is 12.7. The Bertz CT molecular complexity index is 315. The summed E-state index contributed by atoms with van der Waals surface area (Å²) >= 11 is 0. The third-order valence-corrected chi connectivity index (χ3v) is 2.08. The van der Waals surface area contributed by atoms with E-state index in [9.17, 15) is 4.39 Å². The quantitative estimate of drug-likeness (QED) is 0.386. The normalized spacial score (nSPS) is 18.3. The SMILES string of the molecule is CC1=NC(F)=C=CCC(C)=C1C. The molecule has 2 heteroatoms. The standard InChI is InChI=1S/C10H12FN/c1-7-5-4-6-10(11)12-9(3)8(7)2/h4H,5H2,1-3H3. The van der Waals surface area contributed by atoms with E-state index >= 15 is 0 Å². The highest BCUT2D eigenvalue weighted by Gasteiger charge is 2.02. The van der Waals surface area contributed by atoms with Gasteiger partial charge in [0.05, 0.1) is 0 Å². The molecule has 0 radical (unpaired) electrons. The van der Waals surface area contributed by atoms with Crippen LogP contribution in [0.4, 0.5) is 4.39 Å². The number of rotatable bonds is 0. The molecule has 0 aromatic carbocycles. The van der Waals surface area contributed by atoms with Crippen LogP contribution < -0.4 is 0 Å². The summed E-state index contributed by atoms with van der Waals surface area (Å²) in [6.07, 6.45) is 2.43. The summed E-state index contributed by atoms with van der Waals surface area (Å²) < 4.78 is 12.7. The molecule has 0 aliphatic carbocycles. The molecule has 0 bridgehead atoms. The van der Waals surface area contributed by atoms with Gasteiger partial charge in [0.25, 0.3) is 5.95 Å². The van der Waals surface area contributed by atoms with Crippen molar-refractivity contribution in [2.75, 3.05) is 0 Å². The second kappa shape index (κ2) is 3.51. The number of halogens is 1. The molecule has 1 nitrogen and oxygen atoms in total. The van der Waals surface area contributed by atoms with Gasteiger partial charge in [-0.25, -0.2) is 4.99 Å². The number of hydrogen-bond acceptors (Lipinski definition) is 1. The van der Waals surface area contributed by atoms with Crippen molar-refractivity contribution in [3.8, 4) is 0 Å². The first-order chi connectivity index (χ1) is 5.61. The maximum absolute atomic E-state index is 12.7. The van der Waals surface area contributed by atoms with Crippen LogP contribution in [0.2, 0.25) is 0 Å². The summed E-state index contributed by atoms with van der Waals surface area (Å²) in [5.74, 6) is -0.528. The van der Waals surface area contributed by atoms with Gasteiger partial charge in [0.1, 0.15) is 0 Å². The third kappa shape index (κ3) is 1.93. The minimum atomic E-state index is -0.528. The molecule has 0 N–H and O–H groups in total. The van der Waals surface area contributed by atoms with Gasteiger partial charge in [-0.2, -0.15) is 4.39 Å². The summed E-state index contributed by atoms with van der Waals surface area (Å²) in [5, 5.41) is 0. The van der Waals surface area contributed by atoms with E-state index in [2.05, 4.69) is 10.7 Å². The summed E-state index contributed by atoms with van der Waals surface area (Å²) in [4.78, 5) is 3.73. The predicted octanol–water partition coefficient (Wildman–Crippen LogP) is 3.15. The van der Waals surface area contributed by atoms with E-state index in [1.165, 1.54) is 5.57 Å². The number of nitrogens with zero attached hydrogens (tertiary/aromatic N) is 1. The van der Waals surface area contributed by atoms with Crippen LogP contribution in [0, 0.1) is 0 Å². The molecule has 0 atom stereocenters. The molecule has 1 heterocycles. The molecular formula is C10H12FN. The van der Waals surface area contributed by atoms with E-state index in [0.717, 1.165) is 17.7 Å². The maximum Gasteiger partial charge on any atom is 0.256 e. The van der Waals surface area contributed by atoms with Crippen LogP contribution in [0.5, 0.6) is 0 Å². The van der Waals surface area contributed by atoms with E-state index in [1.807, 2.05) is 20.8 Å². The summed E-state index contributed by atoms with van der Waals surface area (Å²) in [6, 6.07) is 0. The third-order valence-electron chi connectivity index (χ3n) is 2.08. The number of allylic oxidation sites excluding steroid dienone is 3. The Morgan fingerprint density at radius 2 is 2.08 bits per heavy atom. The van der Waals surface area contributed by atoms with Crippen LogP contribution in [0.3, 0.4) is 0 Å². The van der Waals surface area contributed by atoms with Gasteiger partial charge in [-0.15, -0.1) is 0 Å². The Labute approximate surface area is 72.0 Å². The Balaban J connectivity index is 3.15. The van der Waals surface area contributed by atoms with Crippen LogP contribution in [0.1, 0.15) is 27.2 Å². The summed E-state index contributed by atoms with van der Waals surface area (Å²) in [6.45, 7) is 5.79. The number of hydrogen-bond donors (Lipinski definition) is 0. The van der Waals surface area contributed by atoms with Crippen molar-refractivity contribution in [1.29, 1.82) is 0 Å². The predicted molar refractivity (Wildman–Crippen MR) is 48.8 cm³/mol. The van der Waals surface area contributed by atoms with Crippen molar-refractivity contribution < 1.29 is 4.39 Å². The van der Waals surface area contributed by atoms with Crippen molar-refractivity contribution >= 4 is 5.71 Å². The van der Waals surface area contributed by atoms with Crippen LogP contribution in [0.25, 0.3) is 0 Å². The van der Waals surface area contributed by atoms with Gasteiger partial charge >= 0.3 is 0 Å². The smallest absolute Gasteiger partial charge is 0.218 e. The zero-order valence-electron chi connectivity index (χ0n) is 7.61. The highest BCUT2D eigenvalue weighted by molar-refractivity contribution is 5.98. The van der Waals surface area contributed by atoms with Crippen molar-refractivity contribution in [1.82, 2.24) is 0 Å². The van der Waals surface area contributed by atoms with Gasteiger partial charge in [-0.1, -0.05) is 11.3 Å². The lowest BCUT2D eigenvalue weighted by atomic mass is 10.0. The average molecular weight is 165 g/mol. The minimum absolute atomic E-state index is 0.528. The molecule has 0 amide bonds. The first kappa shape index (κ1) is 8.95. The largest absolute Gasteiger partial charge is 0.256 e. The van der Waals surface area contributed by atoms with E-state index in [0.29, 0.717) is 0 Å². The van der Waals surface area contributed by atoms with Crippen molar-refractivity contribution in [3.63, 3.8) is 0 Å². The van der Waals surface area contributed by atoms with E-state index < -0.39 is 5.95 Å². The Kier molecular flexibility index (Phi) is 2.61. The molecule has 0 aromatic heterocycles. The summed E-state index contributed by atoms with van der Waals surface area (Å²) in [5.41, 5.74) is 5.50. The fourth-order valence-corrected chi connectivity index (χ4v) is 1.01. The highest BCUT2D eigenvalue weighted by Crippen LogP contribution is 2.14. The molecule has 0 saturated carbocycles. The zero-order chi connectivity index (χ0) is 9.14. The fourth-order valence-electron chi connectivity index (χ4n) is 1.01. The van der Waals surface area contributed by atoms with Crippen molar-refractivity contribution in [2.45, 2.75) is 27.2 Å². The molecule has 1 aliphatic heterocycles. The molecule has 64 valence electrons. The lowest BCUT2D eigenvalue weighted by Gasteiger charge is -2.05. The van der Waals surface area contributed by atoms with Crippen LogP contribution in [0.15, 0.2) is 33.9 Å². The zero-order valence-corrected chi connectivity index (χ0v) is 7.61. The lowest BCUT2D eigenvalue weighted by Crippen LogP contribution is -1.97. The monoisotopic (exact) mass is 165 g/mol. The summed E-state index contributed by atoms with van der Waals surface area (Å²) in [7, 11) is 0. The molecular weight excluding hydrogens is 153 g/mol. The van der Waals surface area contributed by atoms with Gasteiger partial charge in [-0.05, 0) is 38.8 Å². The van der Waals surface area contributed by atoms with Gasteiger partial charge in [0, 0.05) is 5.71 Å². The molecule has 1 rings (SSSR count). The van der Waals surface area contributed by atoms with E-state index in [1.54, 1.807) is 6.08 Å². The fraction of sp³-hybridized carbons (Fsp3) is 0.400. The van der Waals surface area contributed by atoms with E-state index in [4.69, 9.17) is 0 Å². The van der Waals surface area contributed by atoms with Gasteiger partial charge in [-0.3, -0.25) is 0 Å². The molecule has 12 heavy (non-hydrogen) atoms. The molecule has 0 spiro atoms. The Morgan fingerprint density at radius 1 is 1.42 bits per heavy atom. The lowest BCUT2D eigenvalue weighted by molar-refractivity contribution is 0.630. The topological polar surface area (TPSA) is 12.4 Å². The molecule has 1 aliphatic rings. The van der Waals surface area contributed by atoms with Crippen LogP contribution in [-0.4, -0.2) is 5.71 Å². The Morgan fingerprint density at radius 3 is 2.75 bits per heavy atom. The molecule has 0 fully saturated rings. The van der Waals surface area contributed by atoms with Crippen LogP contribution >= 0.6 is 0 Å². The first-order valence-electron chi connectivity index (χ1n) is 3.94. The van der Waals surface area contributed by atoms with Crippen LogP contribution in [-0.2, 0) is 0 Å². The first-order valence-corrected chi connectivity index (χ1v) is 3.94. The molecule has 0 aromatic rings. The second-order valence-corrected chi connectivity index (χ2v) is 2.95. The minimum Gasteiger partial charge on any atom is -0.218 e. The van der Waals surface area contributed by atoms with Gasteiger partial charge in [0.2, 0.25) is 0 Å². The van der Waals surface area contributed by atoms with E-state index in [-0.39, 0.29) is 0 Å². The average Bonchev–Trinajstić information content (AvgIpc) is 2.01. The second-order valence-electron chi connectivity index (χ2n) is 2.95. The Hall–Kier alpha value is -1.14. The molecule has 0 saturated heterocycles. The van der Waals surface area contributed by atoms with Gasteiger partial charge < -0.3 is 0 Å². The highest BCUT2D eigenvalue weighted by atomic mass is 19.1. The van der Waals surface area contributed by atoms with Crippen molar-refractivity contribution in [3.05, 3.63) is 28.9 Å².